The van der Waals surface area contributed by atoms with E-state index in [1.165, 1.54) is 11.1 Å². The van der Waals surface area contributed by atoms with Gasteiger partial charge in [-0.1, -0.05) is 66.2 Å². The topological polar surface area (TPSA) is 70.0 Å². The zero-order chi connectivity index (χ0) is 22.2. The Hall–Kier alpha value is -3.73. The van der Waals surface area contributed by atoms with Crippen LogP contribution in [0.4, 0.5) is 5.69 Å². The van der Waals surface area contributed by atoms with Crippen LogP contribution in [0, 0.1) is 25.7 Å². The molecule has 0 unspecified atom stereocenters. The first kappa shape index (κ1) is 19.0. The van der Waals surface area contributed by atoms with Crippen molar-refractivity contribution in [1.82, 2.24) is 0 Å². The largest absolute Gasteiger partial charge is 0.411 e. The van der Waals surface area contributed by atoms with Gasteiger partial charge in [0.15, 0.2) is 0 Å². The van der Waals surface area contributed by atoms with E-state index in [1.54, 1.807) is 0 Å². The van der Waals surface area contributed by atoms with E-state index in [2.05, 4.69) is 5.16 Å². The Morgan fingerprint density at radius 2 is 1.53 bits per heavy atom. The summed E-state index contributed by atoms with van der Waals surface area (Å²) in [6, 6.07) is 21.6. The third-order valence-electron chi connectivity index (χ3n) is 7.54. The van der Waals surface area contributed by atoms with Gasteiger partial charge in [0.05, 0.1) is 29.2 Å². The number of imide groups is 1. The van der Waals surface area contributed by atoms with Crippen LogP contribution in [-0.4, -0.2) is 23.2 Å². The van der Waals surface area contributed by atoms with Crippen molar-refractivity contribution in [2.24, 2.45) is 17.0 Å². The van der Waals surface area contributed by atoms with E-state index in [0.717, 1.165) is 33.4 Å². The van der Waals surface area contributed by atoms with Crippen LogP contribution in [-0.2, 0) is 15.0 Å². The zero-order valence-electron chi connectivity index (χ0n) is 17.8. The molecule has 3 aliphatic carbocycles. The van der Waals surface area contributed by atoms with Gasteiger partial charge in [-0.15, -0.1) is 5.16 Å². The quantitative estimate of drug-likeness (QED) is 0.290. The predicted octanol–water partition coefficient (Wildman–Crippen LogP) is 4.31. The molecule has 4 aliphatic rings. The van der Waals surface area contributed by atoms with Crippen LogP contribution in [0.15, 0.2) is 71.9 Å². The van der Waals surface area contributed by atoms with Gasteiger partial charge < -0.3 is 5.21 Å². The van der Waals surface area contributed by atoms with E-state index in [9.17, 15) is 14.8 Å². The monoisotopic (exact) mass is 422 g/mol. The maximum absolute atomic E-state index is 14.0. The molecular formula is C27H22N2O3. The molecule has 2 amide bonds. The molecule has 1 saturated heterocycles. The predicted molar refractivity (Wildman–Crippen MR) is 121 cm³/mol. The van der Waals surface area contributed by atoms with Crippen molar-refractivity contribution in [2.75, 3.05) is 4.90 Å². The van der Waals surface area contributed by atoms with Gasteiger partial charge in [0.1, 0.15) is 0 Å². The second kappa shape index (κ2) is 6.39. The van der Waals surface area contributed by atoms with Crippen LogP contribution in [0.2, 0.25) is 0 Å². The van der Waals surface area contributed by atoms with E-state index in [4.69, 9.17) is 0 Å². The summed E-state index contributed by atoms with van der Waals surface area (Å²) < 4.78 is 0. The number of oxime groups is 1. The summed E-state index contributed by atoms with van der Waals surface area (Å²) in [5.41, 5.74) is 5.51. The number of aryl methyl sites for hydroxylation is 2. The number of amides is 2. The smallest absolute Gasteiger partial charge is 0.239 e. The van der Waals surface area contributed by atoms with Crippen molar-refractivity contribution in [2.45, 2.75) is 25.2 Å². The molecular weight excluding hydrogens is 400 g/mol. The highest BCUT2D eigenvalue weighted by molar-refractivity contribution is 6.25. The molecule has 5 heteroatoms. The van der Waals surface area contributed by atoms with Gasteiger partial charge >= 0.3 is 0 Å². The van der Waals surface area contributed by atoms with E-state index in [0.29, 0.717) is 5.69 Å². The fraction of sp³-hybridized carbons (Fsp3) is 0.222. The zero-order valence-corrected chi connectivity index (χ0v) is 17.8. The van der Waals surface area contributed by atoms with Gasteiger partial charge in [0, 0.05) is 5.92 Å². The van der Waals surface area contributed by atoms with E-state index in [-0.39, 0.29) is 17.7 Å². The normalized spacial score (nSPS) is 27.6. The number of nitrogens with zero attached hydrogens (tertiary/aromatic N) is 2. The van der Waals surface area contributed by atoms with Gasteiger partial charge in [-0.05, 0) is 47.7 Å². The maximum Gasteiger partial charge on any atom is 0.239 e. The summed E-state index contributed by atoms with van der Waals surface area (Å²) in [6.45, 7) is 3.91. The third kappa shape index (κ3) is 2.11. The summed E-state index contributed by atoms with van der Waals surface area (Å²) in [7, 11) is 0. The van der Waals surface area contributed by atoms with Crippen LogP contribution in [0.3, 0.4) is 0 Å². The minimum atomic E-state index is -0.999. The molecule has 2 bridgehead atoms. The molecule has 1 heterocycles. The first-order valence-corrected chi connectivity index (χ1v) is 10.8. The van der Waals surface area contributed by atoms with Gasteiger partial charge in [-0.3, -0.25) is 9.59 Å². The Kier molecular flexibility index (Phi) is 3.79. The second-order valence-corrected chi connectivity index (χ2v) is 9.07. The Morgan fingerprint density at radius 3 is 2.12 bits per heavy atom. The van der Waals surface area contributed by atoms with Gasteiger partial charge in [-0.25, -0.2) is 4.90 Å². The Bertz CT molecular complexity index is 1290. The number of benzene rings is 3. The van der Waals surface area contributed by atoms with Crippen LogP contribution < -0.4 is 4.90 Å². The first-order valence-electron chi connectivity index (χ1n) is 10.8. The van der Waals surface area contributed by atoms with E-state index in [1.807, 2.05) is 80.6 Å². The van der Waals surface area contributed by atoms with Crippen LogP contribution in [0.1, 0.15) is 39.3 Å². The Morgan fingerprint density at radius 1 is 0.906 bits per heavy atom. The number of hydrogen-bond acceptors (Lipinski definition) is 4. The standard InChI is InChI=1S/C27H22N2O3/c1-15-11-12-21(16(2)13-15)29-25(30)23-22-17-7-3-5-9-19(17)27(14-28-32,24(23)26(29)31)20-10-6-4-8-18(20)22/h3-14,22-24,32H,1-2H3/b28-14-/t22?,23-,24+,27?/m0/s1. The minimum Gasteiger partial charge on any atom is -0.411 e. The molecule has 0 saturated carbocycles. The second-order valence-electron chi connectivity index (χ2n) is 9.07. The number of carbonyl (C=O) groups is 2. The molecule has 7 rings (SSSR count). The van der Waals surface area contributed by atoms with Crippen LogP contribution in [0.25, 0.3) is 0 Å². The summed E-state index contributed by atoms with van der Waals surface area (Å²) in [4.78, 5) is 29.4. The molecule has 1 N–H and O–H groups in total. The van der Waals surface area contributed by atoms with Gasteiger partial charge in [-0.2, -0.15) is 0 Å². The van der Waals surface area contributed by atoms with Crippen molar-refractivity contribution in [1.29, 1.82) is 0 Å². The van der Waals surface area contributed by atoms with Crippen molar-refractivity contribution in [3.63, 3.8) is 0 Å². The van der Waals surface area contributed by atoms with Crippen molar-refractivity contribution in [3.8, 4) is 0 Å². The molecule has 3 aromatic carbocycles. The Balaban J connectivity index is 1.66. The molecule has 1 aliphatic heterocycles. The average molecular weight is 422 g/mol. The molecule has 1 fully saturated rings. The van der Waals surface area contributed by atoms with Crippen molar-refractivity contribution < 1.29 is 14.8 Å². The molecule has 3 aromatic rings. The fourth-order valence-corrected chi connectivity index (χ4v) is 6.43. The van der Waals surface area contributed by atoms with E-state index < -0.39 is 17.3 Å². The maximum atomic E-state index is 14.0. The van der Waals surface area contributed by atoms with Crippen LogP contribution in [0.5, 0.6) is 0 Å². The lowest BCUT2D eigenvalue weighted by atomic mass is 9.47. The van der Waals surface area contributed by atoms with Crippen LogP contribution >= 0.6 is 0 Å². The molecule has 0 spiro atoms. The number of anilines is 1. The molecule has 5 nitrogen and oxygen atoms in total. The highest BCUT2D eigenvalue weighted by Crippen LogP contribution is 2.63. The average Bonchev–Trinajstić information content (AvgIpc) is 3.06. The lowest BCUT2D eigenvalue weighted by Crippen LogP contribution is -2.54. The molecule has 2 atom stereocenters. The number of hydrogen-bond donors (Lipinski definition) is 1. The summed E-state index contributed by atoms with van der Waals surface area (Å²) in [5, 5.41) is 13.2. The Labute approximate surface area is 186 Å². The summed E-state index contributed by atoms with van der Waals surface area (Å²) in [6.07, 6.45) is 1.47. The van der Waals surface area contributed by atoms with E-state index >= 15 is 0 Å². The highest BCUT2D eigenvalue weighted by atomic mass is 16.4. The first-order chi connectivity index (χ1) is 15.5. The lowest BCUT2D eigenvalue weighted by Gasteiger charge is -2.52. The SMILES string of the molecule is Cc1ccc(N2C(=O)[C@H]3C4c5ccccc5C(/C=N\O)(c5ccccc54)[C@H]3C2=O)c(C)c1. The lowest BCUT2D eigenvalue weighted by molar-refractivity contribution is -0.122. The van der Waals surface area contributed by atoms with Crippen molar-refractivity contribution in [3.05, 3.63) is 100 Å². The molecule has 32 heavy (non-hydrogen) atoms. The summed E-state index contributed by atoms with van der Waals surface area (Å²) >= 11 is 0. The number of carbonyl (C=O) groups excluding carboxylic acids is 2. The molecule has 0 aromatic heterocycles. The highest BCUT2D eigenvalue weighted by Gasteiger charge is 2.68. The summed E-state index contributed by atoms with van der Waals surface area (Å²) in [5.74, 6) is -1.85. The molecule has 0 radical (unpaired) electrons. The molecule has 158 valence electrons. The third-order valence-corrected chi connectivity index (χ3v) is 7.54. The van der Waals surface area contributed by atoms with Gasteiger partial charge in [0.25, 0.3) is 0 Å². The van der Waals surface area contributed by atoms with Crippen molar-refractivity contribution >= 4 is 23.7 Å². The number of rotatable bonds is 2. The fourth-order valence-electron chi connectivity index (χ4n) is 6.43. The van der Waals surface area contributed by atoms with Gasteiger partial charge in [0.2, 0.25) is 11.8 Å². The minimum absolute atomic E-state index is 0.184.